The summed E-state index contributed by atoms with van der Waals surface area (Å²) in [6, 6.07) is 8.57. The van der Waals surface area contributed by atoms with E-state index in [1.807, 2.05) is 24.8 Å². The maximum absolute atomic E-state index is 13.7. The molecule has 0 saturated heterocycles. The Morgan fingerprint density at radius 3 is 2.61 bits per heavy atom. The van der Waals surface area contributed by atoms with Crippen LogP contribution in [0.15, 0.2) is 18.2 Å². The third kappa shape index (κ3) is 3.84. The fourth-order valence-corrected chi connectivity index (χ4v) is 1.72. The minimum absolute atomic E-state index is 0.0774. The molecule has 1 rings (SSSR count). The first-order valence-electron chi connectivity index (χ1n) is 5.91. The number of benzene rings is 1. The van der Waals surface area contributed by atoms with Crippen molar-refractivity contribution in [3.8, 4) is 12.1 Å². The minimum Gasteiger partial charge on any atom is -0.298 e. The maximum atomic E-state index is 13.7. The van der Waals surface area contributed by atoms with Crippen LogP contribution in [0.3, 0.4) is 0 Å². The molecule has 0 saturated carbocycles. The zero-order valence-electron chi connectivity index (χ0n) is 10.7. The molecule has 94 valence electrons. The predicted octanol–water partition coefficient (Wildman–Crippen LogP) is 2.68. The summed E-state index contributed by atoms with van der Waals surface area (Å²) in [4.78, 5) is 2.01. The Bertz CT molecular complexity index is 485. The van der Waals surface area contributed by atoms with E-state index in [9.17, 15) is 4.39 Å². The molecule has 0 heterocycles. The van der Waals surface area contributed by atoms with Crippen molar-refractivity contribution in [3.63, 3.8) is 0 Å². The molecule has 0 amide bonds. The topological polar surface area (TPSA) is 50.8 Å². The highest BCUT2D eigenvalue weighted by Crippen LogP contribution is 2.13. The van der Waals surface area contributed by atoms with Crippen LogP contribution in [0, 0.1) is 34.4 Å². The normalized spacial score (nSPS) is 11.9. The summed E-state index contributed by atoms with van der Waals surface area (Å²) >= 11 is 0. The van der Waals surface area contributed by atoms with Gasteiger partial charge in [-0.2, -0.15) is 10.5 Å². The Labute approximate surface area is 107 Å². The number of nitrogens with zero attached hydrogens (tertiary/aromatic N) is 3. The van der Waals surface area contributed by atoms with Gasteiger partial charge in [0.25, 0.3) is 0 Å². The molecule has 18 heavy (non-hydrogen) atoms. The molecule has 1 aromatic rings. The van der Waals surface area contributed by atoms with E-state index >= 15 is 0 Å². The summed E-state index contributed by atoms with van der Waals surface area (Å²) in [5, 5.41) is 17.5. The van der Waals surface area contributed by atoms with Gasteiger partial charge in [0.05, 0.1) is 23.6 Å². The van der Waals surface area contributed by atoms with Gasteiger partial charge in [0.1, 0.15) is 5.82 Å². The van der Waals surface area contributed by atoms with Crippen LogP contribution in [-0.4, -0.2) is 18.0 Å². The van der Waals surface area contributed by atoms with Gasteiger partial charge in [-0.3, -0.25) is 4.90 Å². The van der Waals surface area contributed by atoms with E-state index in [2.05, 4.69) is 6.07 Å². The van der Waals surface area contributed by atoms with Crippen molar-refractivity contribution in [1.82, 2.24) is 4.90 Å². The van der Waals surface area contributed by atoms with E-state index < -0.39 is 0 Å². The molecule has 0 aliphatic carbocycles. The van der Waals surface area contributed by atoms with Gasteiger partial charge in [0.2, 0.25) is 0 Å². The van der Waals surface area contributed by atoms with Gasteiger partial charge >= 0.3 is 0 Å². The highest BCUT2D eigenvalue weighted by Gasteiger charge is 2.11. The highest BCUT2D eigenvalue weighted by molar-refractivity contribution is 5.32. The second kappa shape index (κ2) is 6.74. The summed E-state index contributed by atoms with van der Waals surface area (Å²) < 4.78 is 13.7. The standard InChI is InChI=1S/C14H16FN3/c1-3-18(9-11(2)7-16)10-13-5-4-12(8-17)6-14(13)15/h4-6,11H,3,9-10H2,1-2H3. The van der Waals surface area contributed by atoms with Crippen LogP contribution in [0.5, 0.6) is 0 Å². The van der Waals surface area contributed by atoms with Crippen LogP contribution in [0.25, 0.3) is 0 Å². The van der Waals surface area contributed by atoms with Crippen molar-refractivity contribution in [1.29, 1.82) is 10.5 Å². The Kier molecular flexibility index (Phi) is 5.30. The number of rotatable bonds is 5. The Morgan fingerprint density at radius 1 is 1.39 bits per heavy atom. The maximum Gasteiger partial charge on any atom is 0.129 e. The molecular weight excluding hydrogens is 229 g/mol. The van der Waals surface area contributed by atoms with Crippen molar-refractivity contribution in [2.45, 2.75) is 20.4 Å². The zero-order valence-corrected chi connectivity index (χ0v) is 10.7. The monoisotopic (exact) mass is 245 g/mol. The number of halogens is 1. The molecule has 3 nitrogen and oxygen atoms in total. The van der Waals surface area contributed by atoms with Crippen LogP contribution >= 0.6 is 0 Å². The Morgan fingerprint density at radius 2 is 2.11 bits per heavy atom. The Balaban J connectivity index is 2.77. The molecule has 0 spiro atoms. The molecule has 0 N–H and O–H groups in total. The lowest BCUT2D eigenvalue weighted by atomic mass is 10.1. The molecule has 0 bridgehead atoms. The van der Waals surface area contributed by atoms with Gasteiger partial charge in [0.15, 0.2) is 0 Å². The number of hydrogen-bond donors (Lipinski definition) is 0. The summed E-state index contributed by atoms with van der Waals surface area (Å²) in [7, 11) is 0. The van der Waals surface area contributed by atoms with Gasteiger partial charge in [-0.1, -0.05) is 13.0 Å². The molecule has 1 aromatic carbocycles. The van der Waals surface area contributed by atoms with Crippen LogP contribution < -0.4 is 0 Å². The lowest BCUT2D eigenvalue weighted by Gasteiger charge is -2.21. The first-order valence-corrected chi connectivity index (χ1v) is 5.91. The zero-order chi connectivity index (χ0) is 13.5. The largest absolute Gasteiger partial charge is 0.298 e. The van der Waals surface area contributed by atoms with Gasteiger partial charge in [-0.15, -0.1) is 0 Å². The van der Waals surface area contributed by atoms with E-state index in [0.717, 1.165) is 6.54 Å². The van der Waals surface area contributed by atoms with Crippen molar-refractivity contribution in [2.75, 3.05) is 13.1 Å². The van der Waals surface area contributed by atoms with Crippen LogP contribution in [0.4, 0.5) is 4.39 Å². The molecule has 1 unspecified atom stereocenters. The quantitative estimate of drug-likeness (QED) is 0.801. The molecule has 4 heteroatoms. The van der Waals surface area contributed by atoms with E-state index in [1.54, 1.807) is 12.1 Å². The first-order chi connectivity index (χ1) is 8.60. The molecule has 0 aromatic heterocycles. The lowest BCUT2D eigenvalue weighted by molar-refractivity contribution is 0.257. The second-order valence-electron chi connectivity index (χ2n) is 4.28. The van der Waals surface area contributed by atoms with Crippen molar-refractivity contribution >= 4 is 0 Å². The fraction of sp³-hybridized carbons (Fsp3) is 0.429. The van der Waals surface area contributed by atoms with Crippen LogP contribution in [0.2, 0.25) is 0 Å². The van der Waals surface area contributed by atoms with Gasteiger partial charge in [0, 0.05) is 18.7 Å². The molecular formula is C14H16FN3. The van der Waals surface area contributed by atoms with Crippen LogP contribution in [0.1, 0.15) is 25.0 Å². The lowest BCUT2D eigenvalue weighted by Crippen LogP contribution is -2.28. The van der Waals surface area contributed by atoms with Gasteiger partial charge in [-0.25, -0.2) is 4.39 Å². The smallest absolute Gasteiger partial charge is 0.129 e. The third-order valence-corrected chi connectivity index (χ3v) is 2.78. The summed E-state index contributed by atoms with van der Waals surface area (Å²) in [6.45, 7) is 5.65. The molecule has 1 atom stereocenters. The average Bonchev–Trinajstić information content (AvgIpc) is 2.39. The third-order valence-electron chi connectivity index (χ3n) is 2.78. The van der Waals surface area contributed by atoms with E-state index in [-0.39, 0.29) is 11.7 Å². The molecule has 0 fully saturated rings. The highest BCUT2D eigenvalue weighted by atomic mass is 19.1. The van der Waals surface area contributed by atoms with Gasteiger partial charge in [-0.05, 0) is 25.6 Å². The minimum atomic E-state index is -0.364. The SMILES string of the molecule is CCN(Cc1ccc(C#N)cc1F)CC(C)C#N. The number of nitriles is 2. The molecule has 0 aliphatic heterocycles. The summed E-state index contributed by atoms with van der Waals surface area (Å²) in [6.07, 6.45) is 0. The van der Waals surface area contributed by atoms with Crippen molar-refractivity contribution in [3.05, 3.63) is 35.1 Å². The van der Waals surface area contributed by atoms with Crippen molar-refractivity contribution < 1.29 is 4.39 Å². The number of hydrogen-bond acceptors (Lipinski definition) is 3. The van der Waals surface area contributed by atoms with E-state index in [0.29, 0.717) is 24.2 Å². The fourth-order valence-electron chi connectivity index (χ4n) is 1.72. The van der Waals surface area contributed by atoms with E-state index in [4.69, 9.17) is 10.5 Å². The Hall–Kier alpha value is -1.91. The summed E-state index contributed by atoms with van der Waals surface area (Å²) in [5.41, 5.74) is 0.880. The molecule has 0 radical (unpaired) electrons. The molecule has 0 aliphatic rings. The summed E-state index contributed by atoms with van der Waals surface area (Å²) in [5.74, 6) is -0.441. The van der Waals surface area contributed by atoms with Crippen LogP contribution in [-0.2, 0) is 6.54 Å². The van der Waals surface area contributed by atoms with Crippen molar-refractivity contribution in [2.24, 2.45) is 5.92 Å². The average molecular weight is 245 g/mol. The van der Waals surface area contributed by atoms with Gasteiger partial charge < -0.3 is 0 Å². The second-order valence-corrected chi connectivity index (χ2v) is 4.28. The van der Waals surface area contributed by atoms with E-state index in [1.165, 1.54) is 6.07 Å². The predicted molar refractivity (Wildman–Crippen MR) is 66.8 cm³/mol. The first kappa shape index (κ1) is 14.2.